The molecular weight excluding hydrogens is 450 g/mol. The van der Waals surface area contributed by atoms with Crippen molar-refractivity contribution in [3.05, 3.63) is 70.8 Å². The van der Waals surface area contributed by atoms with Crippen molar-refractivity contribution in [1.29, 1.82) is 0 Å². The number of halogens is 1. The third-order valence-electron chi connectivity index (χ3n) is 4.24. The minimum absolute atomic E-state index is 0.201. The molecule has 30 heavy (non-hydrogen) atoms. The van der Waals surface area contributed by atoms with E-state index in [0.717, 1.165) is 15.6 Å². The second-order valence-corrected chi connectivity index (χ2v) is 7.40. The SMILES string of the molecule is CC(NC(=O)NCc1nc(-c2ccccc2)n[nH]1)c1nc(-c2ccc(Br)cc2)no1. The van der Waals surface area contributed by atoms with Gasteiger partial charge in [0, 0.05) is 15.6 Å². The Kier molecular flexibility index (Phi) is 5.84. The maximum Gasteiger partial charge on any atom is 0.315 e. The van der Waals surface area contributed by atoms with Crippen LogP contribution < -0.4 is 10.6 Å². The zero-order chi connectivity index (χ0) is 20.9. The van der Waals surface area contributed by atoms with Gasteiger partial charge in [0.25, 0.3) is 0 Å². The molecule has 2 aromatic carbocycles. The first kappa shape index (κ1) is 19.8. The number of rotatable bonds is 6. The predicted molar refractivity (Wildman–Crippen MR) is 113 cm³/mol. The molecule has 152 valence electrons. The summed E-state index contributed by atoms with van der Waals surface area (Å²) in [6.07, 6.45) is 0. The molecule has 3 N–H and O–H groups in total. The second-order valence-electron chi connectivity index (χ2n) is 6.48. The van der Waals surface area contributed by atoms with Gasteiger partial charge in [-0.3, -0.25) is 5.10 Å². The van der Waals surface area contributed by atoms with Gasteiger partial charge in [0.2, 0.25) is 11.7 Å². The summed E-state index contributed by atoms with van der Waals surface area (Å²) in [6, 6.07) is 16.3. The van der Waals surface area contributed by atoms with Crippen molar-refractivity contribution < 1.29 is 9.32 Å². The van der Waals surface area contributed by atoms with Crippen molar-refractivity contribution in [3.8, 4) is 22.8 Å². The molecule has 4 rings (SSSR count). The molecule has 1 unspecified atom stereocenters. The lowest BCUT2D eigenvalue weighted by molar-refractivity contribution is 0.233. The first-order valence-electron chi connectivity index (χ1n) is 9.19. The number of carbonyl (C=O) groups excluding carboxylic acids is 1. The van der Waals surface area contributed by atoms with E-state index in [1.165, 1.54) is 0 Å². The number of nitrogens with one attached hydrogen (secondary N) is 3. The van der Waals surface area contributed by atoms with Gasteiger partial charge in [0.05, 0.1) is 6.54 Å². The van der Waals surface area contributed by atoms with Crippen LogP contribution in [0.25, 0.3) is 22.8 Å². The van der Waals surface area contributed by atoms with Crippen molar-refractivity contribution in [2.75, 3.05) is 0 Å². The Bertz CT molecular complexity index is 1130. The van der Waals surface area contributed by atoms with Crippen molar-refractivity contribution in [1.82, 2.24) is 36.0 Å². The molecule has 0 saturated heterocycles. The van der Waals surface area contributed by atoms with Gasteiger partial charge in [0.15, 0.2) is 5.82 Å². The maximum atomic E-state index is 12.2. The third kappa shape index (κ3) is 4.71. The van der Waals surface area contributed by atoms with Crippen molar-refractivity contribution in [3.63, 3.8) is 0 Å². The van der Waals surface area contributed by atoms with E-state index in [9.17, 15) is 4.79 Å². The quantitative estimate of drug-likeness (QED) is 0.395. The van der Waals surface area contributed by atoms with Gasteiger partial charge in [-0.15, -0.1) is 0 Å². The Hall–Kier alpha value is -3.53. The largest absolute Gasteiger partial charge is 0.337 e. The molecule has 0 aliphatic carbocycles. The summed E-state index contributed by atoms with van der Waals surface area (Å²) in [5.41, 5.74) is 1.72. The highest BCUT2D eigenvalue weighted by Gasteiger charge is 2.17. The Morgan fingerprint density at radius 3 is 2.57 bits per heavy atom. The lowest BCUT2D eigenvalue weighted by Crippen LogP contribution is -2.37. The van der Waals surface area contributed by atoms with Crippen LogP contribution in [0.4, 0.5) is 4.79 Å². The molecule has 0 bridgehead atoms. The maximum absolute atomic E-state index is 12.2. The van der Waals surface area contributed by atoms with E-state index in [4.69, 9.17) is 4.52 Å². The van der Waals surface area contributed by atoms with Crippen LogP contribution >= 0.6 is 15.9 Å². The highest BCUT2D eigenvalue weighted by Crippen LogP contribution is 2.21. The fourth-order valence-corrected chi connectivity index (χ4v) is 2.96. The van der Waals surface area contributed by atoms with E-state index in [1.54, 1.807) is 6.92 Å². The number of carbonyl (C=O) groups is 1. The number of benzene rings is 2. The molecule has 2 heterocycles. The molecular formula is C20H18BrN7O2. The topological polar surface area (TPSA) is 122 Å². The standard InChI is InChI=1S/C20H18BrN7O2/c1-12(19-25-18(28-30-19)14-7-9-15(21)10-8-14)23-20(29)22-11-16-24-17(27-26-16)13-5-3-2-4-6-13/h2-10,12H,11H2,1H3,(H2,22,23,29)(H,24,26,27). The van der Waals surface area contributed by atoms with Gasteiger partial charge in [-0.25, -0.2) is 9.78 Å². The van der Waals surface area contributed by atoms with Gasteiger partial charge < -0.3 is 15.2 Å². The van der Waals surface area contributed by atoms with Crippen molar-refractivity contribution >= 4 is 22.0 Å². The highest BCUT2D eigenvalue weighted by molar-refractivity contribution is 9.10. The Morgan fingerprint density at radius 2 is 1.80 bits per heavy atom. The monoisotopic (exact) mass is 467 g/mol. The van der Waals surface area contributed by atoms with Crippen LogP contribution in [0.1, 0.15) is 24.7 Å². The average molecular weight is 468 g/mol. The van der Waals surface area contributed by atoms with E-state index in [2.05, 4.69) is 51.9 Å². The average Bonchev–Trinajstić information content (AvgIpc) is 3.44. The van der Waals surface area contributed by atoms with E-state index >= 15 is 0 Å². The molecule has 9 nitrogen and oxygen atoms in total. The van der Waals surface area contributed by atoms with Crippen LogP contribution in [0.15, 0.2) is 63.6 Å². The first-order valence-corrected chi connectivity index (χ1v) is 9.98. The number of aromatic amines is 1. The van der Waals surface area contributed by atoms with Gasteiger partial charge >= 0.3 is 6.03 Å². The van der Waals surface area contributed by atoms with Crippen LogP contribution in [0.5, 0.6) is 0 Å². The number of hydrogen-bond acceptors (Lipinski definition) is 6. The Labute approximate surface area is 180 Å². The molecule has 0 fully saturated rings. The summed E-state index contributed by atoms with van der Waals surface area (Å²) in [5.74, 6) is 1.90. The molecule has 2 amide bonds. The third-order valence-corrected chi connectivity index (χ3v) is 4.77. The zero-order valence-corrected chi connectivity index (χ0v) is 17.5. The smallest absolute Gasteiger partial charge is 0.315 e. The highest BCUT2D eigenvalue weighted by atomic mass is 79.9. The first-order chi connectivity index (χ1) is 14.6. The number of H-pyrrole nitrogens is 1. The molecule has 0 saturated carbocycles. The molecule has 1 atom stereocenters. The van der Waals surface area contributed by atoms with Crippen LogP contribution in [-0.2, 0) is 6.54 Å². The molecule has 10 heteroatoms. The molecule has 0 spiro atoms. The normalized spacial score (nSPS) is 11.8. The number of nitrogens with zero attached hydrogens (tertiary/aromatic N) is 4. The van der Waals surface area contributed by atoms with Crippen LogP contribution in [0.3, 0.4) is 0 Å². The lowest BCUT2D eigenvalue weighted by Gasteiger charge is -2.10. The lowest BCUT2D eigenvalue weighted by atomic mass is 10.2. The zero-order valence-electron chi connectivity index (χ0n) is 16.0. The van der Waals surface area contributed by atoms with Gasteiger partial charge in [-0.05, 0) is 31.2 Å². The number of urea groups is 1. The van der Waals surface area contributed by atoms with Crippen LogP contribution in [-0.4, -0.2) is 31.4 Å². The van der Waals surface area contributed by atoms with Crippen molar-refractivity contribution in [2.45, 2.75) is 19.5 Å². The molecule has 0 aliphatic heterocycles. The number of hydrogen-bond donors (Lipinski definition) is 3. The van der Waals surface area contributed by atoms with Crippen molar-refractivity contribution in [2.24, 2.45) is 0 Å². The van der Waals surface area contributed by atoms with E-state index in [1.807, 2.05) is 54.6 Å². The van der Waals surface area contributed by atoms with Crippen LogP contribution in [0, 0.1) is 0 Å². The van der Waals surface area contributed by atoms with Gasteiger partial charge in [-0.1, -0.05) is 51.4 Å². The summed E-state index contributed by atoms with van der Waals surface area (Å²) in [6.45, 7) is 1.97. The summed E-state index contributed by atoms with van der Waals surface area (Å²) in [5, 5.41) is 16.5. The summed E-state index contributed by atoms with van der Waals surface area (Å²) in [4.78, 5) is 20.9. The Balaban J connectivity index is 1.31. The van der Waals surface area contributed by atoms with Crippen LogP contribution in [0.2, 0.25) is 0 Å². The van der Waals surface area contributed by atoms with Gasteiger partial charge in [-0.2, -0.15) is 10.1 Å². The molecule has 4 aromatic rings. The summed E-state index contributed by atoms with van der Waals surface area (Å²) in [7, 11) is 0. The molecule has 2 aromatic heterocycles. The number of amides is 2. The minimum Gasteiger partial charge on any atom is -0.337 e. The second kappa shape index (κ2) is 8.87. The predicted octanol–water partition coefficient (Wildman–Crippen LogP) is 3.84. The van der Waals surface area contributed by atoms with E-state index in [0.29, 0.717) is 23.4 Å². The van der Waals surface area contributed by atoms with E-state index in [-0.39, 0.29) is 12.6 Å². The fraction of sp³-hybridized carbons (Fsp3) is 0.150. The number of aromatic nitrogens is 5. The fourth-order valence-electron chi connectivity index (χ4n) is 2.69. The van der Waals surface area contributed by atoms with Gasteiger partial charge in [0.1, 0.15) is 11.9 Å². The Morgan fingerprint density at radius 1 is 1.07 bits per heavy atom. The molecule has 0 radical (unpaired) electrons. The minimum atomic E-state index is -0.462. The summed E-state index contributed by atoms with van der Waals surface area (Å²) >= 11 is 3.39. The molecule has 0 aliphatic rings. The summed E-state index contributed by atoms with van der Waals surface area (Å²) < 4.78 is 6.25. The van der Waals surface area contributed by atoms with E-state index < -0.39 is 6.04 Å².